The van der Waals surface area contributed by atoms with Gasteiger partial charge in [0.15, 0.2) is 0 Å². The minimum Gasteiger partial charge on any atom is -0.368 e. The molecule has 4 N–H and O–H groups in total. The number of anilines is 2. The highest BCUT2D eigenvalue weighted by Gasteiger charge is 2.08. The van der Waals surface area contributed by atoms with Crippen LogP contribution in [-0.4, -0.2) is 48.7 Å². The van der Waals surface area contributed by atoms with E-state index in [0.29, 0.717) is 12.5 Å². The molecule has 0 unspecified atom stereocenters. The summed E-state index contributed by atoms with van der Waals surface area (Å²) in [4.78, 5) is 27.4. The average Bonchev–Trinajstić information content (AvgIpc) is 2.96. The number of carbonyl (C=O) groups is 1. The molecule has 0 saturated carbocycles. The molecule has 10 heteroatoms. The Morgan fingerprint density at radius 3 is 2.86 bits per heavy atom. The zero-order valence-electron chi connectivity index (χ0n) is 11.8. The minimum atomic E-state index is -0.148. The topological polar surface area (TPSA) is 137 Å². The highest BCUT2D eigenvalue weighted by atomic mass is 16.1. The Morgan fingerprint density at radius 2 is 2.19 bits per heavy atom. The fourth-order valence-electron chi connectivity index (χ4n) is 1.41. The average molecular weight is 291 g/mol. The van der Waals surface area contributed by atoms with Crippen molar-refractivity contribution in [2.24, 2.45) is 5.92 Å². The molecule has 0 atom stereocenters. The number of aromatic nitrogens is 6. The van der Waals surface area contributed by atoms with Gasteiger partial charge in [0, 0.05) is 6.54 Å². The molecule has 2 aromatic rings. The van der Waals surface area contributed by atoms with Crippen LogP contribution in [0.25, 0.3) is 5.95 Å². The second-order valence-corrected chi connectivity index (χ2v) is 4.71. The molecule has 0 aromatic carbocycles. The van der Waals surface area contributed by atoms with E-state index in [1.165, 1.54) is 17.3 Å². The van der Waals surface area contributed by atoms with Crippen LogP contribution in [-0.2, 0) is 4.79 Å². The van der Waals surface area contributed by atoms with E-state index in [1.54, 1.807) is 0 Å². The van der Waals surface area contributed by atoms with Gasteiger partial charge in [0.2, 0.25) is 17.8 Å². The normalized spacial score (nSPS) is 10.6. The molecule has 1 amide bonds. The smallest absolute Gasteiger partial charge is 0.258 e. The van der Waals surface area contributed by atoms with Gasteiger partial charge >= 0.3 is 0 Å². The van der Waals surface area contributed by atoms with Gasteiger partial charge in [-0.15, -0.1) is 0 Å². The summed E-state index contributed by atoms with van der Waals surface area (Å²) in [5.74, 6) is 0.698. The van der Waals surface area contributed by atoms with E-state index < -0.39 is 0 Å². The predicted molar refractivity (Wildman–Crippen MR) is 75.5 cm³/mol. The van der Waals surface area contributed by atoms with E-state index in [0.717, 1.165) is 0 Å². The number of hydrogen-bond acceptors (Lipinski definition) is 8. The van der Waals surface area contributed by atoms with Crippen LogP contribution in [0.15, 0.2) is 12.7 Å². The van der Waals surface area contributed by atoms with E-state index in [-0.39, 0.29) is 30.3 Å². The summed E-state index contributed by atoms with van der Waals surface area (Å²) in [6.07, 6.45) is 2.79. The molecule has 0 aliphatic carbocycles. The molecule has 0 bridgehead atoms. The standard InChI is InChI=1S/C11H17N9O/c1-7(2)3-14-8(21)4-15-10-17-9(12)18-11(19-10)20-6-13-5-16-20/h5-7H,3-4H2,1-2H3,(H,14,21)(H3,12,15,17,18,19). The van der Waals surface area contributed by atoms with Crippen molar-refractivity contribution in [2.45, 2.75) is 13.8 Å². The lowest BCUT2D eigenvalue weighted by atomic mass is 10.2. The molecule has 21 heavy (non-hydrogen) atoms. The number of nitrogens with one attached hydrogen (secondary N) is 2. The Morgan fingerprint density at radius 1 is 1.38 bits per heavy atom. The van der Waals surface area contributed by atoms with Gasteiger partial charge in [0.05, 0.1) is 6.54 Å². The maximum absolute atomic E-state index is 11.6. The van der Waals surface area contributed by atoms with Gasteiger partial charge in [-0.1, -0.05) is 13.8 Å². The van der Waals surface area contributed by atoms with E-state index >= 15 is 0 Å². The number of rotatable bonds is 6. The van der Waals surface area contributed by atoms with Crippen molar-refractivity contribution < 1.29 is 4.79 Å². The second-order valence-electron chi connectivity index (χ2n) is 4.71. The molecule has 0 radical (unpaired) electrons. The molecule has 112 valence electrons. The lowest BCUT2D eigenvalue weighted by Crippen LogP contribution is -2.33. The first-order valence-electron chi connectivity index (χ1n) is 6.41. The van der Waals surface area contributed by atoms with Gasteiger partial charge in [-0.25, -0.2) is 4.98 Å². The summed E-state index contributed by atoms with van der Waals surface area (Å²) in [5.41, 5.74) is 5.61. The fourth-order valence-corrected chi connectivity index (χ4v) is 1.41. The zero-order chi connectivity index (χ0) is 15.2. The molecule has 0 aliphatic heterocycles. The number of amides is 1. The van der Waals surface area contributed by atoms with E-state index in [1.807, 2.05) is 13.8 Å². The van der Waals surface area contributed by atoms with Crippen LogP contribution < -0.4 is 16.4 Å². The molecule has 0 aliphatic rings. The first-order valence-corrected chi connectivity index (χ1v) is 6.41. The van der Waals surface area contributed by atoms with Gasteiger partial charge in [-0.2, -0.15) is 24.7 Å². The highest BCUT2D eigenvalue weighted by molar-refractivity contribution is 5.80. The Bertz CT molecular complexity index is 596. The van der Waals surface area contributed by atoms with E-state index in [9.17, 15) is 4.79 Å². The van der Waals surface area contributed by atoms with E-state index in [2.05, 4.69) is 35.7 Å². The van der Waals surface area contributed by atoms with Crippen LogP contribution in [0, 0.1) is 5.92 Å². The molecule has 0 spiro atoms. The second kappa shape index (κ2) is 6.59. The number of nitrogen functional groups attached to an aromatic ring is 1. The Labute approximate surface area is 121 Å². The number of nitrogens with zero attached hydrogens (tertiary/aromatic N) is 6. The zero-order valence-corrected chi connectivity index (χ0v) is 11.8. The summed E-state index contributed by atoms with van der Waals surface area (Å²) in [7, 11) is 0. The first kappa shape index (κ1) is 14.6. The lowest BCUT2D eigenvalue weighted by Gasteiger charge is -2.09. The van der Waals surface area contributed by atoms with Gasteiger partial charge in [-0.3, -0.25) is 4.79 Å². The van der Waals surface area contributed by atoms with Crippen LogP contribution in [0.5, 0.6) is 0 Å². The summed E-state index contributed by atoms with van der Waals surface area (Å²) in [5, 5.41) is 9.48. The Hall–Kier alpha value is -2.78. The van der Waals surface area contributed by atoms with Crippen molar-refractivity contribution in [2.75, 3.05) is 24.1 Å². The third kappa shape index (κ3) is 4.37. The van der Waals surface area contributed by atoms with Gasteiger partial charge in [0.25, 0.3) is 5.95 Å². The van der Waals surface area contributed by atoms with Crippen LogP contribution in [0.1, 0.15) is 13.8 Å². The SMILES string of the molecule is CC(C)CNC(=O)CNc1nc(N)nc(-n2cncn2)n1. The summed E-state index contributed by atoms with van der Waals surface area (Å²) >= 11 is 0. The molecule has 2 aromatic heterocycles. The predicted octanol–water partition coefficient (Wildman–Crippen LogP) is -0.781. The third-order valence-electron chi connectivity index (χ3n) is 2.38. The lowest BCUT2D eigenvalue weighted by molar-refractivity contribution is -0.119. The molecular formula is C11H17N9O. The highest BCUT2D eigenvalue weighted by Crippen LogP contribution is 2.05. The third-order valence-corrected chi connectivity index (χ3v) is 2.38. The van der Waals surface area contributed by atoms with Crippen molar-refractivity contribution in [1.29, 1.82) is 0 Å². The quantitative estimate of drug-likeness (QED) is 0.630. The summed E-state index contributed by atoms with van der Waals surface area (Å²) in [6, 6.07) is 0. The monoisotopic (exact) mass is 291 g/mol. The van der Waals surface area contributed by atoms with Crippen molar-refractivity contribution in [1.82, 2.24) is 35.0 Å². The van der Waals surface area contributed by atoms with Gasteiger partial charge in [-0.05, 0) is 5.92 Å². The van der Waals surface area contributed by atoms with Crippen molar-refractivity contribution in [3.63, 3.8) is 0 Å². The molecule has 2 rings (SSSR count). The number of nitrogens with two attached hydrogens (primary N) is 1. The fraction of sp³-hybridized carbons (Fsp3) is 0.455. The summed E-state index contributed by atoms with van der Waals surface area (Å²) < 4.78 is 1.35. The van der Waals surface area contributed by atoms with Crippen molar-refractivity contribution in [3.05, 3.63) is 12.7 Å². The summed E-state index contributed by atoms with van der Waals surface area (Å²) in [6.45, 7) is 4.70. The minimum absolute atomic E-state index is 0.0283. The van der Waals surface area contributed by atoms with Crippen LogP contribution in [0.3, 0.4) is 0 Å². The molecule has 0 saturated heterocycles. The van der Waals surface area contributed by atoms with Crippen LogP contribution in [0.4, 0.5) is 11.9 Å². The van der Waals surface area contributed by atoms with Gasteiger partial charge < -0.3 is 16.4 Å². The molecular weight excluding hydrogens is 274 g/mol. The van der Waals surface area contributed by atoms with Gasteiger partial charge in [0.1, 0.15) is 12.7 Å². The largest absolute Gasteiger partial charge is 0.368 e. The van der Waals surface area contributed by atoms with E-state index in [4.69, 9.17) is 5.73 Å². The maximum Gasteiger partial charge on any atom is 0.258 e. The molecule has 10 nitrogen and oxygen atoms in total. The Kier molecular flexibility index (Phi) is 4.59. The number of carbonyl (C=O) groups excluding carboxylic acids is 1. The van der Waals surface area contributed by atoms with Crippen LogP contribution in [0.2, 0.25) is 0 Å². The van der Waals surface area contributed by atoms with Crippen LogP contribution >= 0.6 is 0 Å². The molecule has 0 fully saturated rings. The van der Waals surface area contributed by atoms with Crippen molar-refractivity contribution >= 4 is 17.8 Å². The maximum atomic E-state index is 11.6. The Balaban J connectivity index is 1.99. The molecule has 2 heterocycles. The van der Waals surface area contributed by atoms with Crippen molar-refractivity contribution in [3.8, 4) is 5.95 Å². The number of hydrogen-bond donors (Lipinski definition) is 3. The first-order chi connectivity index (χ1) is 10.0.